The van der Waals surface area contributed by atoms with Crippen LogP contribution >= 0.6 is 0 Å². The van der Waals surface area contributed by atoms with Crippen LogP contribution in [0.3, 0.4) is 0 Å². The molecule has 0 aromatic heterocycles. The first-order chi connectivity index (χ1) is 9.31. The molecule has 0 radical (unpaired) electrons. The van der Waals surface area contributed by atoms with Gasteiger partial charge in [0.1, 0.15) is 0 Å². The number of carboxylic acid groups (broad SMARTS) is 1. The van der Waals surface area contributed by atoms with Crippen LogP contribution in [-0.2, 0) is 4.79 Å². The van der Waals surface area contributed by atoms with Crippen molar-refractivity contribution < 1.29 is 14.7 Å². The molecule has 6 nitrogen and oxygen atoms in total. The molecule has 20 heavy (non-hydrogen) atoms. The Morgan fingerprint density at radius 3 is 2.55 bits per heavy atom. The first-order valence-corrected chi connectivity index (χ1v) is 7.31. The summed E-state index contributed by atoms with van der Waals surface area (Å²) in [5.74, 6) is -1.23. The van der Waals surface area contributed by atoms with Crippen molar-refractivity contribution in [2.24, 2.45) is 5.92 Å². The molecule has 2 unspecified atom stereocenters. The quantitative estimate of drug-likeness (QED) is 0.792. The predicted octanol–water partition coefficient (Wildman–Crippen LogP) is 0.975. The Kier molecular flexibility index (Phi) is 4.22. The molecule has 0 bridgehead atoms. The molecule has 1 aliphatic carbocycles. The summed E-state index contributed by atoms with van der Waals surface area (Å²) in [7, 11) is 2.06. The highest BCUT2D eigenvalue weighted by molar-refractivity contribution is 5.77. The lowest BCUT2D eigenvalue weighted by atomic mass is 10.00. The highest BCUT2D eigenvalue weighted by Crippen LogP contribution is 2.26. The second kappa shape index (κ2) is 5.60. The molecule has 2 amide bonds. The Morgan fingerprint density at radius 1 is 1.25 bits per heavy atom. The molecular weight excluding hydrogens is 258 g/mol. The minimum Gasteiger partial charge on any atom is -0.481 e. The molecule has 1 heterocycles. The van der Waals surface area contributed by atoms with Gasteiger partial charge in [-0.15, -0.1) is 0 Å². The van der Waals surface area contributed by atoms with Crippen LogP contribution in [-0.4, -0.2) is 65.2 Å². The van der Waals surface area contributed by atoms with E-state index in [1.54, 1.807) is 4.90 Å². The van der Waals surface area contributed by atoms with Crippen molar-refractivity contribution in [2.75, 3.05) is 26.7 Å². The zero-order chi connectivity index (χ0) is 14.9. The summed E-state index contributed by atoms with van der Waals surface area (Å²) < 4.78 is 0. The Hall–Kier alpha value is -1.30. The number of urea groups is 1. The number of nitrogens with one attached hydrogen (secondary N) is 1. The number of nitrogens with zero attached hydrogens (tertiary/aromatic N) is 2. The Labute approximate surface area is 120 Å². The monoisotopic (exact) mass is 283 g/mol. The number of rotatable bonds is 2. The topological polar surface area (TPSA) is 72.9 Å². The maximum Gasteiger partial charge on any atom is 0.317 e. The lowest BCUT2D eigenvalue weighted by Gasteiger charge is -2.45. The third kappa shape index (κ3) is 3.06. The molecular formula is C14H25N3O3. The highest BCUT2D eigenvalue weighted by atomic mass is 16.4. The van der Waals surface area contributed by atoms with E-state index in [1.165, 1.54) is 0 Å². The average Bonchev–Trinajstić information content (AvgIpc) is 2.80. The molecule has 0 aromatic rings. The van der Waals surface area contributed by atoms with Gasteiger partial charge in [0.2, 0.25) is 0 Å². The SMILES string of the molecule is CN1CCN(C(=O)NC2CCCC2C(=O)O)CC1(C)C. The van der Waals surface area contributed by atoms with Gasteiger partial charge in [-0.2, -0.15) is 0 Å². The summed E-state index contributed by atoms with van der Waals surface area (Å²) >= 11 is 0. The van der Waals surface area contributed by atoms with Crippen LogP contribution in [0.15, 0.2) is 0 Å². The molecule has 1 saturated heterocycles. The Balaban J connectivity index is 1.94. The van der Waals surface area contributed by atoms with E-state index < -0.39 is 11.9 Å². The fourth-order valence-corrected chi connectivity index (χ4v) is 3.09. The molecule has 0 aromatic carbocycles. The second-order valence-corrected chi connectivity index (χ2v) is 6.59. The van der Waals surface area contributed by atoms with E-state index >= 15 is 0 Å². The zero-order valence-electron chi connectivity index (χ0n) is 12.6. The minimum atomic E-state index is -0.800. The summed E-state index contributed by atoms with van der Waals surface area (Å²) in [5.41, 5.74) is -0.0442. The molecule has 6 heteroatoms. The van der Waals surface area contributed by atoms with Crippen molar-refractivity contribution in [2.45, 2.75) is 44.7 Å². The van der Waals surface area contributed by atoms with E-state index in [4.69, 9.17) is 5.11 Å². The van der Waals surface area contributed by atoms with Gasteiger partial charge in [0, 0.05) is 31.2 Å². The number of amides is 2. The molecule has 114 valence electrons. The van der Waals surface area contributed by atoms with Gasteiger partial charge in [-0.3, -0.25) is 9.69 Å². The van der Waals surface area contributed by atoms with Crippen LogP contribution in [0.4, 0.5) is 4.79 Å². The standard InChI is InChI=1S/C14H25N3O3/c1-14(2)9-17(8-7-16(14)3)13(20)15-11-6-4-5-10(11)12(18)19/h10-11H,4-9H2,1-3H3,(H,15,20)(H,18,19). The van der Waals surface area contributed by atoms with Gasteiger partial charge < -0.3 is 15.3 Å². The first kappa shape index (κ1) is 15.1. The number of carbonyl (C=O) groups excluding carboxylic acids is 1. The number of aliphatic carboxylic acids is 1. The summed E-state index contributed by atoms with van der Waals surface area (Å²) in [6.45, 7) is 6.42. The van der Waals surface area contributed by atoms with E-state index in [9.17, 15) is 9.59 Å². The molecule has 2 rings (SSSR count). The lowest BCUT2D eigenvalue weighted by Crippen LogP contribution is -2.61. The number of piperazine rings is 1. The van der Waals surface area contributed by atoms with E-state index in [0.29, 0.717) is 19.5 Å². The van der Waals surface area contributed by atoms with Gasteiger partial charge in [-0.1, -0.05) is 6.42 Å². The van der Waals surface area contributed by atoms with Gasteiger partial charge in [-0.05, 0) is 33.7 Å². The van der Waals surface area contributed by atoms with Crippen molar-refractivity contribution in [1.29, 1.82) is 0 Å². The van der Waals surface area contributed by atoms with E-state index in [2.05, 4.69) is 31.1 Å². The van der Waals surface area contributed by atoms with E-state index in [-0.39, 0.29) is 17.6 Å². The molecule has 0 spiro atoms. The van der Waals surface area contributed by atoms with E-state index in [1.807, 2.05) is 0 Å². The summed E-state index contributed by atoms with van der Waals surface area (Å²) in [5, 5.41) is 12.1. The van der Waals surface area contributed by atoms with Crippen LogP contribution in [0.25, 0.3) is 0 Å². The van der Waals surface area contributed by atoms with Crippen LogP contribution < -0.4 is 5.32 Å². The third-order valence-corrected chi connectivity index (χ3v) is 4.75. The molecule has 2 atom stereocenters. The van der Waals surface area contributed by atoms with Crippen molar-refractivity contribution in [3.8, 4) is 0 Å². The number of carboxylic acids is 1. The molecule has 2 aliphatic rings. The molecule has 2 N–H and O–H groups in total. The Bertz CT molecular complexity index is 397. The van der Waals surface area contributed by atoms with Gasteiger partial charge >= 0.3 is 12.0 Å². The Morgan fingerprint density at radius 2 is 1.95 bits per heavy atom. The second-order valence-electron chi connectivity index (χ2n) is 6.59. The van der Waals surface area contributed by atoms with Crippen LogP contribution in [0.5, 0.6) is 0 Å². The summed E-state index contributed by atoms with van der Waals surface area (Å²) in [4.78, 5) is 27.5. The van der Waals surface area contributed by atoms with Crippen molar-refractivity contribution in [3.63, 3.8) is 0 Å². The third-order valence-electron chi connectivity index (χ3n) is 4.75. The van der Waals surface area contributed by atoms with Crippen molar-refractivity contribution >= 4 is 12.0 Å². The normalized spacial score (nSPS) is 30.2. The minimum absolute atomic E-state index is 0.0442. The van der Waals surface area contributed by atoms with E-state index in [0.717, 1.165) is 19.4 Å². The average molecular weight is 283 g/mol. The van der Waals surface area contributed by atoms with Crippen LogP contribution in [0.1, 0.15) is 33.1 Å². The summed E-state index contributed by atoms with van der Waals surface area (Å²) in [6.07, 6.45) is 2.30. The van der Waals surface area contributed by atoms with Gasteiger partial charge in [0.25, 0.3) is 0 Å². The number of hydrogen-bond donors (Lipinski definition) is 2. The lowest BCUT2D eigenvalue weighted by molar-refractivity contribution is -0.142. The van der Waals surface area contributed by atoms with Crippen molar-refractivity contribution in [1.82, 2.24) is 15.1 Å². The molecule has 1 aliphatic heterocycles. The number of carbonyl (C=O) groups is 2. The maximum atomic E-state index is 12.3. The predicted molar refractivity (Wildman–Crippen MR) is 75.6 cm³/mol. The number of likely N-dealkylation sites (N-methyl/N-ethyl adjacent to an activating group) is 1. The van der Waals surface area contributed by atoms with Gasteiger partial charge in [-0.25, -0.2) is 4.79 Å². The van der Waals surface area contributed by atoms with Crippen LogP contribution in [0, 0.1) is 5.92 Å². The molecule has 2 fully saturated rings. The number of hydrogen-bond acceptors (Lipinski definition) is 3. The smallest absolute Gasteiger partial charge is 0.317 e. The fraction of sp³-hybridized carbons (Fsp3) is 0.857. The first-order valence-electron chi connectivity index (χ1n) is 7.31. The largest absolute Gasteiger partial charge is 0.481 e. The zero-order valence-corrected chi connectivity index (χ0v) is 12.6. The van der Waals surface area contributed by atoms with Crippen LogP contribution in [0.2, 0.25) is 0 Å². The fourth-order valence-electron chi connectivity index (χ4n) is 3.09. The van der Waals surface area contributed by atoms with Gasteiger partial charge in [0.05, 0.1) is 5.92 Å². The van der Waals surface area contributed by atoms with Gasteiger partial charge in [0.15, 0.2) is 0 Å². The summed E-state index contributed by atoms with van der Waals surface area (Å²) in [6, 6.07) is -0.341. The highest BCUT2D eigenvalue weighted by Gasteiger charge is 2.37. The molecule has 1 saturated carbocycles. The van der Waals surface area contributed by atoms with Crippen molar-refractivity contribution in [3.05, 3.63) is 0 Å². The maximum absolute atomic E-state index is 12.3.